The molecule has 0 saturated heterocycles. The Morgan fingerprint density at radius 2 is 2.13 bits per heavy atom. The molecule has 15 heavy (non-hydrogen) atoms. The monoisotopic (exact) mass is 293 g/mol. The van der Waals surface area contributed by atoms with Crippen molar-refractivity contribution in [3.63, 3.8) is 0 Å². The fourth-order valence-corrected chi connectivity index (χ4v) is 2.01. The Kier molecular flexibility index (Phi) is 5.03. The lowest BCUT2D eigenvalue weighted by molar-refractivity contribution is 0.501. The van der Waals surface area contributed by atoms with E-state index in [2.05, 4.69) is 21.2 Å². The number of hydrogen-bond acceptors (Lipinski definition) is 1. The summed E-state index contributed by atoms with van der Waals surface area (Å²) in [6.45, 7) is 4.83. The van der Waals surface area contributed by atoms with Gasteiger partial charge in [-0.3, -0.25) is 0 Å². The van der Waals surface area contributed by atoms with Gasteiger partial charge in [-0.05, 0) is 35.0 Å². The molecule has 0 aliphatic heterocycles. The van der Waals surface area contributed by atoms with E-state index in [9.17, 15) is 4.39 Å². The van der Waals surface area contributed by atoms with Crippen molar-refractivity contribution in [2.24, 2.45) is 0 Å². The highest BCUT2D eigenvalue weighted by Gasteiger charge is 2.16. The molecule has 84 valence electrons. The van der Waals surface area contributed by atoms with Gasteiger partial charge >= 0.3 is 0 Å². The quantitative estimate of drug-likeness (QED) is 0.816. The van der Waals surface area contributed by atoms with Crippen LogP contribution in [0.1, 0.15) is 31.9 Å². The van der Waals surface area contributed by atoms with Gasteiger partial charge in [0.1, 0.15) is 5.82 Å². The van der Waals surface area contributed by atoms with Crippen LogP contribution in [0, 0.1) is 5.82 Å². The fraction of sp³-hybridized carbons (Fsp3) is 0.455. The topological polar surface area (TPSA) is 12.0 Å². The van der Waals surface area contributed by atoms with E-state index in [0.717, 1.165) is 13.0 Å². The van der Waals surface area contributed by atoms with Crippen molar-refractivity contribution in [3.8, 4) is 0 Å². The van der Waals surface area contributed by atoms with Gasteiger partial charge in [0.15, 0.2) is 0 Å². The summed E-state index contributed by atoms with van der Waals surface area (Å²) in [6, 6.07) is 3.57. The summed E-state index contributed by atoms with van der Waals surface area (Å²) in [4.78, 5) is 0. The van der Waals surface area contributed by atoms with Crippen LogP contribution in [0.25, 0.3) is 0 Å². The second kappa shape index (κ2) is 5.83. The van der Waals surface area contributed by atoms with Gasteiger partial charge < -0.3 is 5.32 Å². The molecule has 0 bridgehead atoms. The first-order chi connectivity index (χ1) is 7.11. The van der Waals surface area contributed by atoms with Crippen LogP contribution in [-0.4, -0.2) is 6.54 Å². The molecule has 1 nitrogen and oxygen atoms in total. The second-order valence-electron chi connectivity index (χ2n) is 3.28. The molecule has 1 N–H and O–H groups in total. The first kappa shape index (κ1) is 12.9. The molecule has 0 amide bonds. The van der Waals surface area contributed by atoms with Crippen molar-refractivity contribution in [3.05, 3.63) is 33.0 Å². The summed E-state index contributed by atoms with van der Waals surface area (Å²) in [6.07, 6.45) is 0.836. The highest BCUT2D eigenvalue weighted by Crippen LogP contribution is 2.31. The largest absolute Gasteiger partial charge is 0.310 e. The molecule has 0 spiro atoms. The zero-order chi connectivity index (χ0) is 11.4. The first-order valence-corrected chi connectivity index (χ1v) is 6.15. The van der Waals surface area contributed by atoms with E-state index >= 15 is 0 Å². The standard InChI is InChI=1S/C11H14BrClFN/c1-3-9(15-4-2)7-5-6-8(12)10(13)11(7)14/h5-6,9,15H,3-4H2,1-2H3. The molecule has 0 aromatic heterocycles. The van der Waals surface area contributed by atoms with Crippen molar-refractivity contribution in [1.82, 2.24) is 5.32 Å². The molecule has 0 aliphatic rings. The maximum Gasteiger partial charge on any atom is 0.147 e. The summed E-state index contributed by atoms with van der Waals surface area (Å²) in [5.74, 6) is -0.334. The van der Waals surface area contributed by atoms with E-state index in [4.69, 9.17) is 11.6 Å². The third-order valence-electron chi connectivity index (χ3n) is 2.30. The number of halogens is 3. The summed E-state index contributed by atoms with van der Waals surface area (Å²) in [7, 11) is 0. The Labute approximate surface area is 103 Å². The van der Waals surface area contributed by atoms with Crippen molar-refractivity contribution in [1.29, 1.82) is 0 Å². The Morgan fingerprint density at radius 3 is 2.67 bits per heavy atom. The lowest BCUT2D eigenvalue weighted by Crippen LogP contribution is -2.21. The van der Waals surface area contributed by atoms with Crippen molar-refractivity contribution in [2.45, 2.75) is 26.3 Å². The fourth-order valence-electron chi connectivity index (χ4n) is 1.53. The summed E-state index contributed by atoms with van der Waals surface area (Å²) in [5, 5.41) is 3.38. The minimum absolute atomic E-state index is 0.0283. The molecule has 0 saturated carbocycles. The maximum absolute atomic E-state index is 13.8. The number of nitrogens with one attached hydrogen (secondary N) is 1. The molecule has 0 fully saturated rings. The minimum Gasteiger partial charge on any atom is -0.310 e. The van der Waals surface area contributed by atoms with Crippen LogP contribution < -0.4 is 5.32 Å². The van der Waals surface area contributed by atoms with Crippen LogP contribution in [0.3, 0.4) is 0 Å². The second-order valence-corrected chi connectivity index (χ2v) is 4.52. The van der Waals surface area contributed by atoms with Gasteiger partial charge in [-0.2, -0.15) is 0 Å². The lowest BCUT2D eigenvalue weighted by Gasteiger charge is -2.17. The smallest absolute Gasteiger partial charge is 0.147 e. The van der Waals surface area contributed by atoms with Crippen molar-refractivity contribution >= 4 is 27.5 Å². The number of rotatable bonds is 4. The van der Waals surface area contributed by atoms with E-state index in [1.165, 1.54) is 0 Å². The van der Waals surface area contributed by atoms with E-state index in [-0.39, 0.29) is 16.9 Å². The van der Waals surface area contributed by atoms with Crippen molar-refractivity contribution in [2.75, 3.05) is 6.54 Å². The van der Waals surface area contributed by atoms with E-state index in [0.29, 0.717) is 10.0 Å². The normalized spacial score (nSPS) is 12.9. The van der Waals surface area contributed by atoms with Gasteiger partial charge in [-0.25, -0.2) is 4.39 Å². The highest BCUT2D eigenvalue weighted by atomic mass is 79.9. The SMILES string of the molecule is CCNC(CC)c1ccc(Br)c(Cl)c1F. The van der Waals surface area contributed by atoms with E-state index < -0.39 is 0 Å². The zero-order valence-electron chi connectivity index (χ0n) is 8.78. The summed E-state index contributed by atoms with van der Waals surface area (Å²) >= 11 is 9.03. The van der Waals surface area contributed by atoms with Crippen molar-refractivity contribution < 1.29 is 4.39 Å². The Hall–Kier alpha value is -0.120. The van der Waals surface area contributed by atoms with Gasteiger partial charge in [0.05, 0.1) is 5.02 Å². The zero-order valence-corrected chi connectivity index (χ0v) is 11.1. The maximum atomic E-state index is 13.8. The minimum atomic E-state index is -0.334. The molecule has 1 aromatic rings. The van der Waals surface area contributed by atoms with Gasteiger partial charge in [0.25, 0.3) is 0 Å². The predicted molar refractivity (Wildman–Crippen MR) is 65.8 cm³/mol. The van der Waals surface area contributed by atoms with Gasteiger partial charge in [0.2, 0.25) is 0 Å². The van der Waals surface area contributed by atoms with Gasteiger partial charge in [0, 0.05) is 16.1 Å². The summed E-state index contributed by atoms with van der Waals surface area (Å²) < 4.78 is 14.4. The van der Waals surface area contributed by atoms with Crippen LogP contribution in [0.15, 0.2) is 16.6 Å². The Morgan fingerprint density at radius 1 is 1.47 bits per heavy atom. The number of benzene rings is 1. The lowest BCUT2D eigenvalue weighted by atomic mass is 10.0. The molecule has 4 heteroatoms. The van der Waals surface area contributed by atoms with E-state index in [1.807, 2.05) is 13.8 Å². The number of hydrogen-bond donors (Lipinski definition) is 1. The summed E-state index contributed by atoms with van der Waals surface area (Å²) in [5.41, 5.74) is 0.632. The molecular weight excluding hydrogens is 280 g/mol. The van der Waals surface area contributed by atoms with E-state index in [1.54, 1.807) is 12.1 Å². The van der Waals surface area contributed by atoms with Crippen LogP contribution >= 0.6 is 27.5 Å². The van der Waals surface area contributed by atoms with Crippen LogP contribution in [-0.2, 0) is 0 Å². The van der Waals surface area contributed by atoms with Crippen LogP contribution in [0.5, 0.6) is 0 Å². The Balaban J connectivity index is 3.07. The molecule has 0 aliphatic carbocycles. The Bertz CT molecular complexity index is 344. The molecular formula is C11H14BrClFN. The van der Waals surface area contributed by atoms with Gasteiger partial charge in [-0.1, -0.05) is 31.5 Å². The van der Waals surface area contributed by atoms with Crippen LogP contribution in [0.4, 0.5) is 4.39 Å². The highest BCUT2D eigenvalue weighted by molar-refractivity contribution is 9.10. The first-order valence-electron chi connectivity index (χ1n) is 4.98. The third-order valence-corrected chi connectivity index (χ3v) is 3.56. The average Bonchev–Trinajstić information content (AvgIpc) is 2.24. The molecule has 1 aromatic carbocycles. The predicted octanol–water partition coefficient (Wildman–Crippen LogP) is 4.30. The molecule has 1 unspecified atom stereocenters. The molecule has 0 radical (unpaired) electrons. The third kappa shape index (κ3) is 2.92. The molecule has 1 atom stereocenters. The average molecular weight is 295 g/mol. The van der Waals surface area contributed by atoms with Crippen LogP contribution in [0.2, 0.25) is 5.02 Å². The molecule has 1 rings (SSSR count). The van der Waals surface area contributed by atoms with Gasteiger partial charge in [-0.15, -0.1) is 0 Å². The molecule has 0 heterocycles.